The summed E-state index contributed by atoms with van der Waals surface area (Å²) in [5.74, 6) is -1.58. The lowest BCUT2D eigenvalue weighted by Crippen LogP contribution is -2.53. The van der Waals surface area contributed by atoms with Gasteiger partial charge in [0.05, 0.1) is 12.1 Å². The number of rotatable bonds is 5. The van der Waals surface area contributed by atoms with Crippen LogP contribution in [0.15, 0.2) is 48.5 Å². The molecule has 8 heteroatoms. The molecule has 0 saturated carbocycles. The van der Waals surface area contributed by atoms with Crippen molar-refractivity contribution in [2.24, 2.45) is 0 Å². The van der Waals surface area contributed by atoms with E-state index >= 15 is 0 Å². The zero-order valence-electron chi connectivity index (χ0n) is 18.3. The summed E-state index contributed by atoms with van der Waals surface area (Å²) in [6.07, 6.45) is -0.110. The highest BCUT2D eigenvalue weighted by Gasteiger charge is 2.50. The molecule has 5 rings (SSSR count). The first-order chi connectivity index (χ1) is 16.0. The zero-order valence-corrected chi connectivity index (χ0v) is 18.3. The van der Waals surface area contributed by atoms with Gasteiger partial charge in [0.2, 0.25) is 5.91 Å². The SMILES string of the molecule is C[C@@H](NC(=O)OCC1c2ccccc2-c2ccccc21)C(=O)N1C(C(=O)O)C[C@@H]2OCC[C@@H]21. The molecular weight excluding hydrogens is 424 g/mol. The Morgan fingerprint density at radius 1 is 1.12 bits per heavy atom. The van der Waals surface area contributed by atoms with Crippen molar-refractivity contribution in [3.63, 3.8) is 0 Å². The lowest BCUT2D eigenvalue weighted by molar-refractivity contribution is -0.150. The molecule has 33 heavy (non-hydrogen) atoms. The minimum atomic E-state index is -1.06. The van der Waals surface area contributed by atoms with Gasteiger partial charge in [-0.15, -0.1) is 0 Å². The fraction of sp³-hybridized carbons (Fsp3) is 0.400. The number of fused-ring (bicyclic) bond motifs is 4. The van der Waals surface area contributed by atoms with E-state index in [1.807, 2.05) is 36.4 Å². The predicted octanol–water partition coefficient (Wildman–Crippen LogP) is 2.76. The summed E-state index contributed by atoms with van der Waals surface area (Å²) in [6.45, 7) is 2.19. The molecule has 1 aliphatic carbocycles. The fourth-order valence-electron chi connectivity index (χ4n) is 5.38. The number of carbonyl (C=O) groups is 3. The third-order valence-electron chi connectivity index (χ3n) is 6.91. The van der Waals surface area contributed by atoms with Gasteiger partial charge in [-0.3, -0.25) is 4.79 Å². The number of hydrogen-bond acceptors (Lipinski definition) is 5. The van der Waals surface area contributed by atoms with Gasteiger partial charge in [-0.1, -0.05) is 48.5 Å². The number of carboxylic acid groups (broad SMARTS) is 1. The first-order valence-corrected chi connectivity index (χ1v) is 11.2. The number of nitrogens with one attached hydrogen (secondary N) is 1. The van der Waals surface area contributed by atoms with E-state index in [1.54, 1.807) is 6.92 Å². The number of hydrogen-bond donors (Lipinski definition) is 2. The molecule has 0 aromatic heterocycles. The van der Waals surface area contributed by atoms with Gasteiger partial charge in [0.15, 0.2) is 0 Å². The van der Waals surface area contributed by atoms with Crippen LogP contribution in [0.3, 0.4) is 0 Å². The molecule has 1 unspecified atom stereocenters. The van der Waals surface area contributed by atoms with Crippen LogP contribution in [-0.2, 0) is 19.1 Å². The topological polar surface area (TPSA) is 105 Å². The van der Waals surface area contributed by atoms with Gasteiger partial charge in [-0.05, 0) is 35.6 Å². The lowest BCUT2D eigenvalue weighted by atomic mass is 9.98. The van der Waals surface area contributed by atoms with Crippen molar-refractivity contribution in [3.05, 3.63) is 59.7 Å². The molecule has 0 spiro atoms. The lowest BCUT2D eigenvalue weighted by Gasteiger charge is -2.29. The number of carboxylic acids is 1. The molecule has 4 atom stereocenters. The Kier molecular flexibility index (Phi) is 5.54. The van der Waals surface area contributed by atoms with E-state index in [0.717, 1.165) is 22.3 Å². The van der Waals surface area contributed by atoms with E-state index in [9.17, 15) is 19.5 Å². The van der Waals surface area contributed by atoms with Crippen molar-refractivity contribution in [2.75, 3.05) is 13.2 Å². The van der Waals surface area contributed by atoms with Gasteiger partial charge in [-0.25, -0.2) is 9.59 Å². The third kappa shape index (κ3) is 3.74. The summed E-state index contributed by atoms with van der Waals surface area (Å²) in [5.41, 5.74) is 4.47. The minimum absolute atomic E-state index is 0.0828. The maximum atomic E-state index is 13.1. The highest BCUT2D eigenvalue weighted by Crippen LogP contribution is 2.44. The number of ether oxygens (including phenoxy) is 2. The van der Waals surface area contributed by atoms with E-state index < -0.39 is 30.1 Å². The zero-order chi connectivity index (χ0) is 23.1. The second-order valence-electron chi connectivity index (χ2n) is 8.79. The van der Waals surface area contributed by atoms with Crippen LogP contribution in [0.5, 0.6) is 0 Å². The van der Waals surface area contributed by atoms with Crippen molar-refractivity contribution in [1.29, 1.82) is 0 Å². The number of nitrogens with zero attached hydrogens (tertiary/aromatic N) is 1. The molecule has 2 heterocycles. The van der Waals surface area contributed by atoms with Crippen LogP contribution in [0.2, 0.25) is 0 Å². The van der Waals surface area contributed by atoms with Crippen molar-refractivity contribution >= 4 is 18.0 Å². The molecule has 2 aromatic carbocycles. The van der Waals surface area contributed by atoms with E-state index in [0.29, 0.717) is 13.0 Å². The number of amides is 2. The number of likely N-dealkylation sites (tertiary alicyclic amines) is 1. The Hall–Kier alpha value is -3.39. The summed E-state index contributed by atoms with van der Waals surface area (Å²) in [6, 6.07) is 14.0. The Morgan fingerprint density at radius 2 is 1.76 bits per heavy atom. The second kappa shape index (κ2) is 8.51. The molecule has 2 aromatic rings. The summed E-state index contributed by atoms with van der Waals surface area (Å²) >= 11 is 0. The standard InChI is InChI=1S/C25H26N2O6/c1-14(23(28)27-20-10-11-32-22(20)12-21(27)24(29)30)26-25(31)33-13-19-17-8-4-2-6-15(17)16-7-3-5-9-18(16)19/h2-9,14,19-22H,10-13H2,1H3,(H,26,31)(H,29,30)/t14-,20+,21?,22+/m1/s1. The quantitative estimate of drug-likeness (QED) is 0.726. The van der Waals surface area contributed by atoms with Gasteiger partial charge in [0.1, 0.15) is 18.7 Å². The van der Waals surface area contributed by atoms with Crippen LogP contribution in [0.4, 0.5) is 4.79 Å². The van der Waals surface area contributed by atoms with Gasteiger partial charge in [0.25, 0.3) is 0 Å². The van der Waals surface area contributed by atoms with Gasteiger partial charge >= 0.3 is 12.1 Å². The molecule has 2 N–H and O–H groups in total. The van der Waals surface area contributed by atoms with Crippen LogP contribution in [0.25, 0.3) is 11.1 Å². The molecule has 3 aliphatic rings. The molecule has 2 saturated heterocycles. The molecular formula is C25H26N2O6. The fourth-order valence-corrected chi connectivity index (χ4v) is 5.38. The third-order valence-corrected chi connectivity index (χ3v) is 6.91. The highest BCUT2D eigenvalue weighted by atomic mass is 16.5. The number of aliphatic carboxylic acids is 1. The minimum Gasteiger partial charge on any atom is -0.480 e. The molecule has 2 amide bonds. The van der Waals surface area contributed by atoms with Crippen LogP contribution in [-0.4, -0.2) is 65.4 Å². The van der Waals surface area contributed by atoms with Crippen molar-refractivity contribution in [1.82, 2.24) is 10.2 Å². The maximum absolute atomic E-state index is 13.1. The predicted molar refractivity (Wildman–Crippen MR) is 119 cm³/mol. The van der Waals surface area contributed by atoms with Crippen LogP contribution >= 0.6 is 0 Å². The summed E-state index contributed by atoms with van der Waals surface area (Å²) in [5, 5.41) is 12.1. The van der Waals surface area contributed by atoms with Crippen molar-refractivity contribution < 1.29 is 29.0 Å². The van der Waals surface area contributed by atoms with Crippen molar-refractivity contribution in [3.8, 4) is 11.1 Å². The molecule has 172 valence electrons. The Balaban J connectivity index is 1.24. The van der Waals surface area contributed by atoms with E-state index in [2.05, 4.69) is 17.4 Å². The number of carbonyl (C=O) groups excluding carboxylic acids is 2. The molecule has 2 aliphatic heterocycles. The second-order valence-corrected chi connectivity index (χ2v) is 8.79. The van der Waals surface area contributed by atoms with Gasteiger partial charge in [0, 0.05) is 18.9 Å². The maximum Gasteiger partial charge on any atom is 0.407 e. The van der Waals surface area contributed by atoms with Gasteiger partial charge < -0.3 is 24.8 Å². The van der Waals surface area contributed by atoms with Gasteiger partial charge in [-0.2, -0.15) is 0 Å². The molecule has 0 bridgehead atoms. The Morgan fingerprint density at radius 3 is 2.39 bits per heavy atom. The Bertz CT molecular complexity index is 1060. The molecule has 2 fully saturated rings. The van der Waals surface area contributed by atoms with Crippen molar-refractivity contribution in [2.45, 2.75) is 49.9 Å². The Labute approximate surface area is 191 Å². The first-order valence-electron chi connectivity index (χ1n) is 11.2. The van der Waals surface area contributed by atoms with E-state index in [4.69, 9.17) is 9.47 Å². The molecule has 0 radical (unpaired) electrons. The summed E-state index contributed by atoms with van der Waals surface area (Å²) in [4.78, 5) is 38.7. The number of benzene rings is 2. The smallest absolute Gasteiger partial charge is 0.407 e. The summed E-state index contributed by atoms with van der Waals surface area (Å²) in [7, 11) is 0. The normalized spacial score (nSPS) is 24.0. The monoisotopic (exact) mass is 450 g/mol. The van der Waals surface area contributed by atoms with Crippen LogP contribution < -0.4 is 5.32 Å². The first kappa shape index (κ1) is 21.5. The van der Waals surface area contributed by atoms with Crippen LogP contribution in [0, 0.1) is 0 Å². The number of alkyl carbamates (subject to hydrolysis) is 1. The highest BCUT2D eigenvalue weighted by molar-refractivity contribution is 5.90. The average Bonchev–Trinajstić information content (AvgIpc) is 3.49. The van der Waals surface area contributed by atoms with E-state index in [1.165, 1.54) is 4.90 Å². The molecule has 8 nitrogen and oxygen atoms in total. The van der Waals surface area contributed by atoms with Crippen LogP contribution in [0.1, 0.15) is 36.8 Å². The summed E-state index contributed by atoms with van der Waals surface area (Å²) < 4.78 is 11.1. The largest absolute Gasteiger partial charge is 0.480 e. The average molecular weight is 450 g/mol. The van der Waals surface area contributed by atoms with E-state index in [-0.39, 0.29) is 31.1 Å².